The average molecular weight is 281 g/mol. The van der Waals surface area contributed by atoms with Crippen LogP contribution in [0.2, 0.25) is 0 Å². The lowest BCUT2D eigenvalue weighted by Gasteiger charge is -2.26. The highest BCUT2D eigenvalue weighted by molar-refractivity contribution is 5.67. The van der Waals surface area contributed by atoms with E-state index in [1.54, 1.807) is 20.3 Å². The van der Waals surface area contributed by atoms with Crippen LogP contribution in [-0.4, -0.2) is 25.3 Å². The Morgan fingerprint density at radius 3 is 2.40 bits per heavy atom. The van der Waals surface area contributed by atoms with E-state index in [4.69, 9.17) is 20.3 Å². The molecule has 112 valence electrons. The topological polar surface area (TPSA) is 81.8 Å². The summed E-state index contributed by atoms with van der Waals surface area (Å²) >= 11 is 0. The van der Waals surface area contributed by atoms with Crippen molar-refractivity contribution in [1.82, 2.24) is 0 Å². The van der Waals surface area contributed by atoms with Crippen LogP contribution in [0.5, 0.6) is 11.5 Å². The van der Waals surface area contributed by atoms with E-state index in [1.807, 2.05) is 26.0 Å². The molecular formula is C15H23NO4. The minimum atomic E-state index is -0.811. The summed E-state index contributed by atoms with van der Waals surface area (Å²) in [6.07, 6.45) is 0.669. The smallest absolute Gasteiger partial charge is 0.303 e. The van der Waals surface area contributed by atoms with E-state index in [-0.39, 0.29) is 17.9 Å². The maximum atomic E-state index is 10.8. The standard InChI is InChI=1S/C15H23NO4/c1-15(2,9-14(17)18)8-11(16)10-5-6-12(19-3)13(7-10)20-4/h5-7,11H,8-9,16H2,1-4H3,(H,17,18). The second-order valence-corrected chi connectivity index (χ2v) is 5.66. The SMILES string of the molecule is COc1ccc(C(N)CC(C)(C)CC(=O)O)cc1OC. The quantitative estimate of drug-likeness (QED) is 0.802. The number of ether oxygens (including phenoxy) is 2. The summed E-state index contributed by atoms with van der Waals surface area (Å²) in [5.74, 6) is 0.458. The van der Waals surface area contributed by atoms with Crippen LogP contribution in [0.15, 0.2) is 18.2 Å². The van der Waals surface area contributed by atoms with Gasteiger partial charge in [-0.3, -0.25) is 4.79 Å². The van der Waals surface area contributed by atoms with Crippen LogP contribution in [0.3, 0.4) is 0 Å². The predicted octanol–water partition coefficient (Wildman–Crippen LogP) is 2.59. The maximum Gasteiger partial charge on any atom is 0.303 e. The molecule has 1 aromatic carbocycles. The first-order valence-corrected chi connectivity index (χ1v) is 6.48. The molecular weight excluding hydrogens is 258 g/mol. The van der Waals surface area contributed by atoms with E-state index in [0.29, 0.717) is 17.9 Å². The number of methoxy groups -OCH3 is 2. The molecule has 0 saturated heterocycles. The summed E-state index contributed by atoms with van der Waals surface area (Å²) in [5, 5.41) is 8.91. The van der Waals surface area contributed by atoms with Gasteiger partial charge in [0, 0.05) is 6.04 Å². The van der Waals surface area contributed by atoms with Gasteiger partial charge in [0.1, 0.15) is 0 Å². The summed E-state index contributed by atoms with van der Waals surface area (Å²) in [7, 11) is 3.15. The molecule has 0 spiro atoms. The Kier molecular flexibility index (Phi) is 5.39. The van der Waals surface area contributed by atoms with Crippen LogP contribution in [0.4, 0.5) is 0 Å². The summed E-state index contributed by atoms with van der Waals surface area (Å²) in [5.41, 5.74) is 6.72. The molecule has 0 aliphatic rings. The zero-order valence-electron chi connectivity index (χ0n) is 12.5. The largest absolute Gasteiger partial charge is 0.493 e. The molecule has 5 nitrogen and oxygen atoms in total. The third-order valence-corrected chi connectivity index (χ3v) is 3.24. The molecule has 0 fully saturated rings. The number of carboxylic acids is 1. The van der Waals surface area contributed by atoms with E-state index in [0.717, 1.165) is 5.56 Å². The molecule has 0 radical (unpaired) electrons. The molecule has 1 unspecified atom stereocenters. The van der Waals surface area contributed by atoms with E-state index in [1.165, 1.54) is 0 Å². The third-order valence-electron chi connectivity index (χ3n) is 3.24. The van der Waals surface area contributed by atoms with Crippen molar-refractivity contribution in [2.45, 2.75) is 32.7 Å². The highest BCUT2D eigenvalue weighted by Crippen LogP contribution is 2.35. The lowest BCUT2D eigenvalue weighted by molar-refractivity contribution is -0.139. The Morgan fingerprint density at radius 1 is 1.30 bits per heavy atom. The molecule has 0 aromatic heterocycles. The zero-order valence-corrected chi connectivity index (χ0v) is 12.5. The maximum absolute atomic E-state index is 10.8. The predicted molar refractivity (Wildman–Crippen MR) is 77.1 cm³/mol. The van der Waals surface area contributed by atoms with Gasteiger partial charge in [-0.05, 0) is 29.5 Å². The number of hydrogen-bond acceptors (Lipinski definition) is 4. The minimum Gasteiger partial charge on any atom is -0.493 e. The van der Waals surface area contributed by atoms with Crippen molar-refractivity contribution in [2.75, 3.05) is 14.2 Å². The van der Waals surface area contributed by atoms with Crippen LogP contribution in [0.1, 0.15) is 38.3 Å². The monoisotopic (exact) mass is 281 g/mol. The molecule has 20 heavy (non-hydrogen) atoms. The second-order valence-electron chi connectivity index (χ2n) is 5.66. The Morgan fingerprint density at radius 2 is 1.90 bits per heavy atom. The number of carboxylic acid groups (broad SMARTS) is 1. The van der Waals surface area contributed by atoms with E-state index in [2.05, 4.69) is 0 Å². The van der Waals surface area contributed by atoms with Gasteiger partial charge in [0.2, 0.25) is 0 Å². The van der Waals surface area contributed by atoms with Crippen LogP contribution in [0, 0.1) is 5.41 Å². The van der Waals surface area contributed by atoms with Crippen molar-refractivity contribution in [1.29, 1.82) is 0 Å². The highest BCUT2D eigenvalue weighted by atomic mass is 16.5. The van der Waals surface area contributed by atoms with Crippen molar-refractivity contribution in [3.8, 4) is 11.5 Å². The van der Waals surface area contributed by atoms with E-state index < -0.39 is 5.97 Å². The third kappa shape index (κ3) is 4.42. The molecule has 0 aliphatic carbocycles. The molecule has 0 amide bonds. The van der Waals surface area contributed by atoms with Crippen LogP contribution in [0.25, 0.3) is 0 Å². The van der Waals surface area contributed by atoms with E-state index in [9.17, 15) is 4.79 Å². The molecule has 0 heterocycles. The average Bonchev–Trinajstić information content (AvgIpc) is 2.35. The Hall–Kier alpha value is -1.75. The Balaban J connectivity index is 2.87. The number of aliphatic carboxylic acids is 1. The molecule has 1 aromatic rings. The van der Waals surface area contributed by atoms with Gasteiger partial charge in [-0.25, -0.2) is 0 Å². The number of nitrogens with two attached hydrogens (primary N) is 1. The van der Waals surface area contributed by atoms with Crippen molar-refractivity contribution in [3.63, 3.8) is 0 Å². The molecule has 0 bridgehead atoms. The van der Waals surface area contributed by atoms with Gasteiger partial charge >= 0.3 is 5.97 Å². The molecule has 5 heteroatoms. The van der Waals surface area contributed by atoms with Crippen LogP contribution in [-0.2, 0) is 4.79 Å². The molecule has 1 atom stereocenters. The zero-order chi connectivity index (χ0) is 15.3. The summed E-state index contributed by atoms with van der Waals surface area (Å²) in [4.78, 5) is 10.8. The molecule has 0 saturated carbocycles. The van der Waals surface area contributed by atoms with Gasteiger partial charge in [0.25, 0.3) is 0 Å². The fourth-order valence-electron chi connectivity index (χ4n) is 2.28. The number of carbonyl (C=O) groups is 1. The van der Waals surface area contributed by atoms with Gasteiger partial charge in [-0.15, -0.1) is 0 Å². The van der Waals surface area contributed by atoms with Crippen LogP contribution >= 0.6 is 0 Å². The van der Waals surface area contributed by atoms with Gasteiger partial charge < -0.3 is 20.3 Å². The second kappa shape index (κ2) is 6.61. The number of benzene rings is 1. The first kappa shape index (κ1) is 16.3. The molecule has 3 N–H and O–H groups in total. The van der Waals surface area contributed by atoms with Gasteiger partial charge in [0.05, 0.1) is 20.6 Å². The fourth-order valence-corrected chi connectivity index (χ4v) is 2.28. The summed E-state index contributed by atoms with van der Waals surface area (Å²) in [6, 6.07) is 5.27. The minimum absolute atomic E-state index is 0.0913. The molecule has 1 rings (SSSR count). The first-order valence-electron chi connectivity index (χ1n) is 6.48. The lowest BCUT2D eigenvalue weighted by Crippen LogP contribution is -2.24. The van der Waals surface area contributed by atoms with Crippen molar-refractivity contribution < 1.29 is 19.4 Å². The van der Waals surface area contributed by atoms with Crippen molar-refractivity contribution in [2.24, 2.45) is 11.1 Å². The Labute approximate surface area is 119 Å². The number of rotatable bonds is 7. The summed E-state index contributed by atoms with van der Waals surface area (Å²) < 4.78 is 10.4. The first-order chi connectivity index (χ1) is 9.29. The highest BCUT2D eigenvalue weighted by Gasteiger charge is 2.25. The van der Waals surface area contributed by atoms with E-state index >= 15 is 0 Å². The number of hydrogen-bond donors (Lipinski definition) is 2. The van der Waals surface area contributed by atoms with Gasteiger partial charge in [-0.2, -0.15) is 0 Å². The Bertz CT molecular complexity index is 471. The van der Waals surface area contributed by atoms with Crippen LogP contribution < -0.4 is 15.2 Å². The lowest BCUT2D eigenvalue weighted by atomic mass is 9.81. The van der Waals surface area contributed by atoms with Crippen molar-refractivity contribution in [3.05, 3.63) is 23.8 Å². The summed E-state index contributed by atoms with van der Waals surface area (Å²) in [6.45, 7) is 3.81. The van der Waals surface area contributed by atoms with Gasteiger partial charge in [0.15, 0.2) is 11.5 Å². The molecule has 0 aliphatic heterocycles. The normalized spacial score (nSPS) is 12.8. The van der Waals surface area contributed by atoms with Crippen molar-refractivity contribution >= 4 is 5.97 Å². The van der Waals surface area contributed by atoms with Gasteiger partial charge in [-0.1, -0.05) is 19.9 Å². The fraction of sp³-hybridized carbons (Fsp3) is 0.533.